The number of fused-ring (bicyclic) bond motifs is 2. The number of amides is 2. The van der Waals surface area contributed by atoms with Crippen LogP contribution in [-0.4, -0.2) is 39.6 Å². The fourth-order valence-electron chi connectivity index (χ4n) is 6.15. The summed E-state index contributed by atoms with van der Waals surface area (Å²) >= 11 is 0. The number of hydrogen-bond acceptors (Lipinski definition) is 4. The first-order valence-corrected chi connectivity index (χ1v) is 13.8. The molecular weight excluding hydrogens is 474 g/mol. The molecule has 1 N–H and O–H groups in total. The molecule has 2 amide bonds. The van der Waals surface area contributed by atoms with Gasteiger partial charge in [-0.25, -0.2) is 0 Å². The average molecular weight is 512 g/mol. The highest BCUT2D eigenvalue weighted by molar-refractivity contribution is 6.01. The van der Waals surface area contributed by atoms with Gasteiger partial charge in [-0.15, -0.1) is 0 Å². The number of carbonyl (C=O) groups is 3. The number of ketones is 1. The van der Waals surface area contributed by atoms with Crippen molar-refractivity contribution in [3.05, 3.63) is 77.5 Å². The quantitative estimate of drug-likeness (QED) is 0.459. The lowest BCUT2D eigenvalue weighted by atomic mass is 9.86. The van der Waals surface area contributed by atoms with Crippen LogP contribution in [0.2, 0.25) is 0 Å². The van der Waals surface area contributed by atoms with Crippen molar-refractivity contribution in [1.29, 1.82) is 0 Å². The van der Waals surface area contributed by atoms with E-state index in [1.807, 2.05) is 70.2 Å². The van der Waals surface area contributed by atoms with E-state index in [-0.39, 0.29) is 35.4 Å². The molecule has 0 radical (unpaired) electrons. The molecule has 1 aromatic heterocycles. The van der Waals surface area contributed by atoms with Crippen LogP contribution in [0, 0.1) is 17.8 Å². The maximum atomic E-state index is 14.4. The molecule has 198 valence electrons. The molecule has 2 heterocycles. The third-order valence-electron chi connectivity index (χ3n) is 7.84. The summed E-state index contributed by atoms with van der Waals surface area (Å²) in [5, 5.41) is 4.00. The smallest absolute Gasteiger partial charge is 0.247 e. The first-order valence-electron chi connectivity index (χ1n) is 13.8. The van der Waals surface area contributed by atoms with Crippen molar-refractivity contribution in [3.8, 4) is 0 Å². The van der Waals surface area contributed by atoms with Crippen molar-refractivity contribution >= 4 is 28.5 Å². The molecule has 1 unspecified atom stereocenters. The van der Waals surface area contributed by atoms with Gasteiger partial charge in [0.2, 0.25) is 11.8 Å². The third-order valence-corrected chi connectivity index (χ3v) is 7.84. The van der Waals surface area contributed by atoms with E-state index >= 15 is 0 Å². The molecule has 3 aromatic rings. The Hall–Kier alpha value is -3.54. The number of pyridine rings is 1. The largest absolute Gasteiger partial charge is 0.342 e. The molecule has 1 aliphatic carbocycles. The van der Waals surface area contributed by atoms with Crippen LogP contribution in [0.5, 0.6) is 0 Å². The van der Waals surface area contributed by atoms with Gasteiger partial charge in [0.05, 0.1) is 5.52 Å². The van der Waals surface area contributed by atoms with Gasteiger partial charge < -0.3 is 10.2 Å². The molecule has 0 bridgehead atoms. The van der Waals surface area contributed by atoms with Gasteiger partial charge in [-0.1, -0.05) is 64.1 Å². The molecule has 38 heavy (non-hydrogen) atoms. The van der Waals surface area contributed by atoms with E-state index in [9.17, 15) is 14.4 Å². The number of benzene rings is 2. The Morgan fingerprint density at radius 2 is 1.68 bits per heavy atom. The topological polar surface area (TPSA) is 79.4 Å². The average Bonchev–Trinajstić information content (AvgIpc) is 3.31. The number of piperazine rings is 1. The lowest BCUT2D eigenvalue weighted by Crippen LogP contribution is -2.66. The molecule has 6 heteroatoms. The zero-order chi connectivity index (χ0) is 27.0. The van der Waals surface area contributed by atoms with Crippen molar-refractivity contribution in [2.75, 3.05) is 0 Å². The zero-order valence-electron chi connectivity index (χ0n) is 22.7. The molecule has 1 fully saturated rings. The fraction of sp³-hybridized carbons (Fsp3) is 0.438. The Morgan fingerprint density at radius 3 is 2.34 bits per heavy atom. The Kier molecular flexibility index (Phi) is 7.33. The van der Waals surface area contributed by atoms with Gasteiger partial charge in [-0.3, -0.25) is 19.4 Å². The highest BCUT2D eigenvalue weighted by Crippen LogP contribution is 2.36. The number of Topliss-reactive ketones (excluding diaryl/α,β-unsaturated/α-hetero) is 1. The first kappa shape index (κ1) is 26.1. The highest BCUT2D eigenvalue weighted by atomic mass is 16.2. The van der Waals surface area contributed by atoms with E-state index in [4.69, 9.17) is 0 Å². The van der Waals surface area contributed by atoms with Crippen molar-refractivity contribution < 1.29 is 14.4 Å². The maximum Gasteiger partial charge on any atom is 0.247 e. The minimum Gasteiger partial charge on any atom is -0.342 e. The normalized spacial score (nSPS) is 20.7. The maximum absolute atomic E-state index is 14.4. The van der Waals surface area contributed by atoms with Crippen LogP contribution in [0.4, 0.5) is 0 Å². The molecule has 2 aliphatic rings. The number of nitrogens with one attached hydrogen (secondary N) is 1. The van der Waals surface area contributed by atoms with Crippen LogP contribution < -0.4 is 5.32 Å². The summed E-state index contributed by atoms with van der Waals surface area (Å²) in [5.41, 5.74) is 4.02. The second-order valence-electron chi connectivity index (χ2n) is 11.7. The number of carbonyl (C=O) groups excluding carboxylic acids is 3. The molecule has 1 saturated heterocycles. The molecule has 1 aliphatic heterocycles. The van der Waals surface area contributed by atoms with Gasteiger partial charge in [0.25, 0.3) is 0 Å². The molecule has 2 aromatic carbocycles. The molecule has 0 spiro atoms. The summed E-state index contributed by atoms with van der Waals surface area (Å²) in [6.45, 7) is 8.10. The Labute approximate surface area is 224 Å². The molecule has 5 rings (SSSR count). The van der Waals surface area contributed by atoms with Crippen LogP contribution in [-0.2, 0) is 27.2 Å². The minimum absolute atomic E-state index is 0.0338. The number of aromatic nitrogens is 1. The lowest BCUT2D eigenvalue weighted by Gasteiger charge is -2.45. The van der Waals surface area contributed by atoms with Crippen LogP contribution in [0.15, 0.2) is 60.8 Å². The second kappa shape index (κ2) is 10.7. The van der Waals surface area contributed by atoms with Gasteiger partial charge in [0.15, 0.2) is 5.78 Å². The predicted molar refractivity (Wildman–Crippen MR) is 148 cm³/mol. The number of rotatable bonds is 8. The molecular formula is C32H37N3O3. The number of hydrogen-bond donors (Lipinski definition) is 1. The Balaban J connectivity index is 1.58. The van der Waals surface area contributed by atoms with E-state index in [1.54, 1.807) is 11.1 Å². The molecule has 0 saturated carbocycles. The monoisotopic (exact) mass is 511 g/mol. The van der Waals surface area contributed by atoms with Crippen molar-refractivity contribution in [2.24, 2.45) is 17.8 Å². The van der Waals surface area contributed by atoms with Gasteiger partial charge in [-0.05, 0) is 71.9 Å². The Morgan fingerprint density at radius 1 is 0.974 bits per heavy atom. The fourth-order valence-corrected chi connectivity index (χ4v) is 6.15. The first-order chi connectivity index (χ1) is 18.2. The van der Waals surface area contributed by atoms with E-state index in [0.717, 1.165) is 29.3 Å². The molecule has 6 nitrogen and oxygen atoms in total. The molecule has 3 atom stereocenters. The number of nitrogens with zero attached hydrogens (tertiary/aromatic N) is 2. The highest BCUT2D eigenvalue weighted by Gasteiger charge is 2.49. The lowest BCUT2D eigenvalue weighted by molar-refractivity contribution is -0.157. The van der Waals surface area contributed by atoms with Crippen molar-refractivity contribution in [1.82, 2.24) is 15.2 Å². The van der Waals surface area contributed by atoms with E-state index in [2.05, 4.69) is 22.4 Å². The summed E-state index contributed by atoms with van der Waals surface area (Å²) in [6.07, 6.45) is 4.04. The van der Waals surface area contributed by atoms with E-state index < -0.39 is 18.1 Å². The third kappa shape index (κ3) is 5.09. The van der Waals surface area contributed by atoms with Crippen LogP contribution >= 0.6 is 0 Å². The van der Waals surface area contributed by atoms with Crippen molar-refractivity contribution in [2.45, 2.75) is 71.5 Å². The summed E-state index contributed by atoms with van der Waals surface area (Å²) in [5.74, 6) is -0.0773. The van der Waals surface area contributed by atoms with Gasteiger partial charge in [-0.2, -0.15) is 0 Å². The van der Waals surface area contributed by atoms with Crippen LogP contribution in [0.3, 0.4) is 0 Å². The van der Waals surface area contributed by atoms with Gasteiger partial charge >= 0.3 is 0 Å². The zero-order valence-corrected chi connectivity index (χ0v) is 22.7. The Bertz CT molecular complexity index is 1340. The van der Waals surface area contributed by atoms with Crippen LogP contribution in [0.25, 0.3) is 10.9 Å². The summed E-state index contributed by atoms with van der Waals surface area (Å²) in [7, 11) is 0. The summed E-state index contributed by atoms with van der Waals surface area (Å²) in [6, 6.07) is 15.6. The standard InChI is InChI=1S/C32H37N3O3/c1-19(2)14-27-31(37)34-29(25-16-21-8-5-6-9-22(21)17-25)32(38)35(27)30(28(36)15-20(3)4)24-11-12-26-23(18-24)10-7-13-33-26/h5-13,18-20,25,27,29-30H,14-17H2,1-4H3,(H,34,37)/t27-,29-,30?/m1/s1. The van der Waals surface area contributed by atoms with E-state index in [1.165, 1.54) is 11.1 Å². The van der Waals surface area contributed by atoms with Crippen molar-refractivity contribution in [3.63, 3.8) is 0 Å². The summed E-state index contributed by atoms with van der Waals surface area (Å²) < 4.78 is 0. The van der Waals surface area contributed by atoms with E-state index in [0.29, 0.717) is 12.8 Å². The summed E-state index contributed by atoms with van der Waals surface area (Å²) in [4.78, 5) is 48.1. The van der Waals surface area contributed by atoms with Gasteiger partial charge in [0, 0.05) is 18.0 Å². The predicted octanol–water partition coefficient (Wildman–Crippen LogP) is 5.05. The van der Waals surface area contributed by atoms with Gasteiger partial charge in [0.1, 0.15) is 18.1 Å². The SMILES string of the molecule is CC(C)CC(=O)C(c1ccc2ncccc2c1)N1C(=O)[C@@H](C2Cc3ccccc3C2)NC(=O)[C@H]1CC(C)C. The van der Waals surface area contributed by atoms with Crippen LogP contribution in [0.1, 0.15) is 63.3 Å². The second-order valence-corrected chi connectivity index (χ2v) is 11.7. The minimum atomic E-state index is -0.824.